The van der Waals surface area contributed by atoms with Gasteiger partial charge in [0.25, 0.3) is 5.56 Å². The quantitative estimate of drug-likeness (QED) is 0.839. The van der Waals surface area contributed by atoms with Crippen molar-refractivity contribution in [2.75, 3.05) is 0 Å². The van der Waals surface area contributed by atoms with Crippen molar-refractivity contribution < 1.29 is 0 Å². The minimum atomic E-state index is -0.0423. The molecule has 0 fully saturated rings. The summed E-state index contributed by atoms with van der Waals surface area (Å²) in [6.07, 6.45) is 2.04. The zero-order valence-electron chi connectivity index (χ0n) is 11.2. The number of unbranched alkanes of at least 4 members (excludes halogenated alkanes) is 1. The summed E-state index contributed by atoms with van der Waals surface area (Å²) in [5, 5.41) is 4.46. The van der Waals surface area contributed by atoms with E-state index in [0.29, 0.717) is 12.3 Å². The van der Waals surface area contributed by atoms with Crippen molar-refractivity contribution in [3.63, 3.8) is 0 Å². The Kier molecular flexibility index (Phi) is 4.80. The highest BCUT2D eigenvalue weighted by molar-refractivity contribution is 7.79. The number of rotatable bonds is 4. The van der Waals surface area contributed by atoms with Crippen LogP contribution < -0.4 is 5.56 Å². The largest absolute Gasteiger partial charge is 0.270 e. The third-order valence-electron chi connectivity index (χ3n) is 2.71. The van der Waals surface area contributed by atoms with Gasteiger partial charge >= 0.3 is 0 Å². The molecule has 3 nitrogen and oxygen atoms in total. The van der Waals surface area contributed by atoms with Gasteiger partial charge in [0.2, 0.25) is 0 Å². The van der Waals surface area contributed by atoms with Gasteiger partial charge < -0.3 is 0 Å². The molecule has 0 saturated heterocycles. The SMILES string of the molecule is CCCCn1nc(C(C)(C)C)cc(CS)c1=O. The Balaban J connectivity index is 3.24. The molecular weight excluding hydrogens is 232 g/mol. The van der Waals surface area contributed by atoms with Gasteiger partial charge in [-0.05, 0) is 12.5 Å². The third-order valence-corrected chi connectivity index (χ3v) is 3.05. The predicted molar refractivity (Wildman–Crippen MR) is 74.8 cm³/mol. The standard InChI is InChI=1S/C13H22N2OS/c1-5-6-7-15-12(16)10(9-17)8-11(14-15)13(2,3)4/h8,17H,5-7,9H2,1-4H3. The monoisotopic (exact) mass is 254 g/mol. The van der Waals surface area contributed by atoms with Crippen LogP contribution in [-0.2, 0) is 17.7 Å². The number of thiol groups is 1. The minimum Gasteiger partial charge on any atom is -0.267 e. The lowest BCUT2D eigenvalue weighted by atomic mass is 9.91. The number of aromatic nitrogens is 2. The average Bonchev–Trinajstić information content (AvgIpc) is 2.26. The fourth-order valence-electron chi connectivity index (χ4n) is 1.54. The summed E-state index contributed by atoms with van der Waals surface area (Å²) in [5.74, 6) is 0.469. The molecule has 0 aromatic carbocycles. The van der Waals surface area contributed by atoms with Crippen LogP contribution in [0.3, 0.4) is 0 Å². The molecule has 0 spiro atoms. The second-order valence-corrected chi connectivity index (χ2v) is 5.66. The molecule has 0 aliphatic rings. The first-order valence-corrected chi connectivity index (χ1v) is 6.75. The van der Waals surface area contributed by atoms with Gasteiger partial charge in [0, 0.05) is 23.3 Å². The van der Waals surface area contributed by atoms with E-state index in [1.165, 1.54) is 0 Å². The summed E-state index contributed by atoms with van der Waals surface area (Å²) in [4.78, 5) is 12.0. The lowest BCUT2D eigenvalue weighted by molar-refractivity contribution is 0.484. The van der Waals surface area contributed by atoms with E-state index in [-0.39, 0.29) is 11.0 Å². The van der Waals surface area contributed by atoms with Crippen LogP contribution in [0.15, 0.2) is 10.9 Å². The normalized spacial score (nSPS) is 11.8. The van der Waals surface area contributed by atoms with Crippen molar-refractivity contribution in [1.82, 2.24) is 9.78 Å². The molecule has 1 heterocycles. The van der Waals surface area contributed by atoms with Crippen molar-refractivity contribution in [1.29, 1.82) is 0 Å². The van der Waals surface area contributed by atoms with Gasteiger partial charge in [-0.15, -0.1) is 0 Å². The first kappa shape index (κ1) is 14.3. The summed E-state index contributed by atoms with van der Waals surface area (Å²) in [7, 11) is 0. The lowest BCUT2D eigenvalue weighted by Crippen LogP contribution is -2.30. The Labute approximate surface area is 109 Å². The predicted octanol–water partition coefficient (Wildman–Crippen LogP) is 2.77. The Bertz CT molecular complexity index is 432. The van der Waals surface area contributed by atoms with Crippen molar-refractivity contribution >= 4 is 12.6 Å². The Morgan fingerprint density at radius 3 is 2.53 bits per heavy atom. The molecule has 0 unspecified atom stereocenters. The molecule has 4 heteroatoms. The topological polar surface area (TPSA) is 34.9 Å². The maximum atomic E-state index is 12.0. The van der Waals surface area contributed by atoms with E-state index in [1.807, 2.05) is 6.07 Å². The number of aryl methyl sites for hydroxylation is 1. The summed E-state index contributed by atoms with van der Waals surface area (Å²) in [6, 6.07) is 1.89. The molecule has 0 saturated carbocycles. The molecule has 0 radical (unpaired) electrons. The van der Waals surface area contributed by atoms with Crippen LogP contribution in [0.5, 0.6) is 0 Å². The molecule has 0 aliphatic carbocycles. The fraction of sp³-hybridized carbons (Fsp3) is 0.692. The van der Waals surface area contributed by atoms with E-state index in [0.717, 1.165) is 24.1 Å². The summed E-state index contributed by atoms with van der Waals surface area (Å²) in [6.45, 7) is 9.11. The molecule has 0 N–H and O–H groups in total. The molecule has 1 rings (SSSR count). The second kappa shape index (κ2) is 5.71. The van der Waals surface area contributed by atoms with Crippen LogP contribution in [-0.4, -0.2) is 9.78 Å². The van der Waals surface area contributed by atoms with Crippen LogP contribution in [0.25, 0.3) is 0 Å². The molecule has 0 bridgehead atoms. The average molecular weight is 254 g/mol. The van der Waals surface area contributed by atoms with E-state index in [9.17, 15) is 4.79 Å². The Hall–Kier alpha value is -0.770. The van der Waals surface area contributed by atoms with E-state index in [2.05, 4.69) is 45.4 Å². The number of hydrogen-bond donors (Lipinski definition) is 1. The van der Waals surface area contributed by atoms with Crippen LogP contribution in [0.4, 0.5) is 0 Å². The van der Waals surface area contributed by atoms with Crippen LogP contribution in [0.1, 0.15) is 51.8 Å². The number of hydrogen-bond acceptors (Lipinski definition) is 3. The van der Waals surface area contributed by atoms with Crippen LogP contribution in [0.2, 0.25) is 0 Å². The highest BCUT2D eigenvalue weighted by Gasteiger charge is 2.18. The smallest absolute Gasteiger partial charge is 0.267 e. The van der Waals surface area contributed by atoms with E-state index >= 15 is 0 Å². The zero-order valence-corrected chi connectivity index (χ0v) is 12.1. The zero-order chi connectivity index (χ0) is 13.1. The lowest BCUT2D eigenvalue weighted by Gasteiger charge is -2.19. The highest BCUT2D eigenvalue weighted by Crippen LogP contribution is 2.19. The molecule has 0 aliphatic heterocycles. The molecule has 1 aromatic heterocycles. The van der Waals surface area contributed by atoms with Crippen LogP contribution in [0, 0.1) is 0 Å². The van der Waals surface area contributed by atoms with Gasteiger partial charge in [-0.25, -0.2) is 4.68 Å². The van der Waals surface area contributed by atoms with Gasteiger partial charge in [0.05, 0.1) is 5.69 Å². The Morgan fingerprint density at radius 1 is 1.41 bits per heavy atom. The van der Waals surface area contributed by atoms with Gasteiger partial charge in [0.15, 0.2) is 0 Å². The molecular formula is C13H22N2OS. The molecule has 0 amide bonds. The van der Waals surface area contributed by atoms with Crippen molar-refractivity contribution in [2.45, 2.75) is 58.2 Å². The van der Waals surface area contributed by atoms with Gasteiger partial charge in [0.1, 0.15) is 0 Å². The molecule has 1 aromatic rings. The summed E-state index contributed by atoms with van der Waals surface area (Å²) < 4.78 is 1.59. The maximum absolute atomic E-state index is 12.0. The highest BCUT2D eigenvalue weighted by atomic mass is 32.1. The van der Waals surface area contributed by atoms with Gasteiger partial charge in [-0.3, -0.25) is 4.79 Å². The minimum absolute atomic E-state index is 0.00134. The van der Waals surface area contributed by atoms with Gasteiger partial charge in [-0.1, -0.05) is 34.1 Å². The van der Waals surface area contributed by atoms with Crippen molar-refractivity contribution in [2.24, 2.45) is 0 Å². The van der Waals surface area contributed by atoms with E-state index in [4.69, 9.17) is 0 Å². The van der Waals surface area contributed by atoms with E-state index < -0.39 is 0 Å². The Morgan fingerprint density at radius 2 is 2.06 bits per heavy atom. The van der Waals surface area contributed by atoms with Crippen LogP contribution >= 0.6 is 12.6 Å². The molecule has 0 atom stereocenters. The summed E-state index contributed by atoms with van der Waals surface area (Å²) in [5.41, 5.74) is 1.65. The van der Waals surface area contributed by atoms with E-state index in [1.54, 1.807) is 4.68 Å². The van der Waals surface area contributed by atoms with Gasteiger partial charge in [-0.2, -0.15) is 17.7 Å². The maximum Gasteiger partial charge on any atom is 0.270 e. The first-order valence-electron chi connectivity index (χ1n) is 6.12. The number of nitrogens with zero attached hydrogens (tertiary/aromatic N) is 2. The molecule has 96 valence electrons. The van der Waals surface area contributed by atoms with Crippen molar-refractivity contribution in [3.05, 3.63) is 27.7 Å². The van der Waals surface area contributed by atoms with Crippen molar-refractivity contribution in [3.8, 4) is 0 Å². The first-order chi connectivity index (χ1) is 7.90. The molecule has 17 heavy (non-hydrogen) atoms. The second-order valence-electron chi connectivity index (χ2n) is 5.34. The fourth-order valence-corrected chi connectivity index (χ4v) is 1.76. The third kappa shape index (κ3) is 3.60. The summed E-state index contributed by atoms with van der Waals surface area (Å²) >= 11 is 4.22.